The number of hydrogen-bond acceptors (Lipinski definition) is 2. The van der Waals surface area contributed by atoms with Crippen LogP contribution in [-0.2, 0) is 0 Å². The van der Waals surface area contributed by atoms with E-state index < -0.39 is 0 Å². The van der Waals surface area contributed by atoms with Crippen LogP contribution < -0.4 is 0 Å². The molecule has 0 N–H and O–H groups in total. The molecular formula is C22H38N2. The summed E-state index contributed by atoms with van der Waals surface area (Å²) in [6.45, 7) is 17.5. The van der Waals surface area contributed by atoms with Gasteiger partial charge in [-0.15, -0.1) is 0 Å². The number of benzene rings is 1. The maximum atomic E-state index is 2.72. The van der Waals surface area contributed by atoms with Gasteiger partial charge in [-0.05, 0) is 77.1 Å². The maximum absolute atomic E-state index is 2.72. The number of rotatable bonds is 3. The molecule has 2 fully saturated rings. The zero-order valence-corrected chi connectivity index (χ0v) is 16.6. The summed E-state index contributed by atoms with van der Waals surface area (Å²) < 4.78 is 0. The summed E-state index contributed by atoms with van der Waals surface area (Å²) in [4.78, 5) is 5.37. The van der Waals surface area contributed by atoms with Crippen LogP contribution in [0.4, 0.5) is 0 Å². The first-order chi connectivity index (χ1) is 11.5. The van der Waals surface area contributed by atoms with E-state index in [0.717, 1.165) is 11.8 Å². The Morgan fingerprint density at radius 2 is 1.54 bits per heavy atom. The molecule has 2 nitrogen and oxygen atoms in total. The molecule has 2 saturated heterocycles. The van der Waals surface area contributed by atoms with E-state index in [4.69, 9.17) is 0 Å². The van der Waals surface area contributed by atoms with Crippen LogP contribution in [-0.4, -0.2) is 48.1 Å². The van der Waals surface area contributed by atoms with Crippen LogP contribution in [0.15, 0.2) is 30.3 Å². The fourth-order valence-electron chi connectivity index (χ4n) is 4.15. The van der Waals surface area contributed by atoms with Gasteiger partial charge < -0.3 is 4.90 Å². The molecule has 24 heavy (non-hydrogen) atoms. The summed E-state index contributed by atoms with van der Waals surface area (Å²) in [5.74, 6) is 1.67. The minimum atomic E-state index is 0.344. The second-order valence-corrected chi connectivity index (χ2v) is 8.26. The Kier molecular flexibility index (Phi) is 7.31. The summed E-state index contributed by atoms with van der Waals surface area (Å²) in [5.41, 5.74) is 1.88. The number of hydrogen-bond donors (Lipinski definition) is 0. The topological polar surface area (TPSA) is 6.48 Å². The second-order valence-electron chi connectivity index (χ2n) is 8.26. The molecule has 0 bridgehead atoms. The number of nitrogens with zero attached hydrogens (tertiary/aromatic N) is 2. The van der Waals surface area contributed by atoms with Crippen LogP contribution in [0.2, 0.25) is 0 Å². The Hall–Kier alpha value is -0.860. The highest BCUT2D eigenvalue weighted by Crippen LogP contribution is 2.30. The smallest absolute Gasteiger partial charge is 0.0125 e. The average Bonchev–Trinajstić information content (AvgIpc) is 3.06. The van der Waals surface area contributed by atoms with Gasteiger partial charge in [0.15, 0.2) is 0 Å². The van der Waals surface area contributed by atoms with Gasteiger partial charge in [0, 0.05) is 18.6 Å². The summed E-state index contributed by atoms with van der Waals surface area (Å²) in [5, 5.41) is 0. The molecule has 1 atom stereocenters. The van der Waals surface area contributed by atoms with Crippen molar-refractivity contribution in [2.24, 2.45) is 5.92 Å². The highest BCUT2D eigenvalue weighted by molar-refractivity contribution is 5.21. The van der Waals surface area contributed by atoms with Gasteiger partial charge in [0.05, 0.1) is 0 Å². The van der Waals surface area contributed by atoms with Gasteiger partial charge in [-0.1, -0.05) is 44.2 Å². The molecule has 2 aliphatic rings. The van der Waals surface area contributed by atoms with Crippen molar-refractivity contribution in [1.29, 1.82) is 0 Å². The SMILES string of the molecule is CC.CC(C)(C)N1CCC(CN2CCC(c3ccccc3)C2)CC1. The summed E-state index contributed by atoms with van der Waals surface area (Å²) in [6.07, 6.45) is 4.10. The molecule has 3 rings (SSSR count). The van der Waals surface area contributed by atoms with Gasteiger partial charge in [0.25, 0.3) is 0 Å². The molecule has 0 aliphatic carbocycles. The highest BCUT2D eigenvalue weighted by Gasteiger charge is 2.30. The molecule has 2 heteroatoms. The minimum Gasteiger partial charge on any atom is -0.302 e. The average molecular weight is 331 g/mol. The van der Waals surface area contributed by atoms with Crippen molar-refractivity contribution < 1.29 is 0 Å². The first kappa shape index (κ1) is 19.5. The third kappa shape index (κ3) is 5.32. The Balaban J connectivity index is 0.00000100. The lowest BCUT2D eigenvalue weighted by Gasteiger charge is -2.41. The largest absolute Gasteiger partial charge is 0.302 e. The second kappa shape index (κ2) is 9.01. The van der Waals surface area contributed by atoms with Crippen molar-refractivity contribution in [3.05, 3.63) is 35.9 Å². The quantitative estimate of drug-likeness (QED) is 0.768. The van der Waals surface area contributed by atoms with Gasteiger partial charge in [-0.2, -0.15) is 0 Å². The third-order valence-corrected chi connectivity index (χ3v) is 5.62. The van der Waals surface area contributed by atoms with E-state index >= 15 is 0 Å². The Labute approximate surface area is 150 Å². The summed E-state index contributed by atoms with van der Waals surface area (Å²) >= 11 is 0. The lowest BCUT2D eigenvalue weighted by Crippen LogP contribution is -2.47. The zero-order valence-electron chi connectivity index (χ0n) is 16.6. The predicted molar refractivity (Wildman–Crippen MR) is 106 cm³/mol. The van der Waals surface area contributed by atoms with E-state index in [-0.39, 0.29) is 0 Å². The normalized spacial score (nSPS) is 23.8. The van der Waals surface area contributed by atoms with Crippen molar-refractivity contribution in [2.75, 3.05) is 32.7 Å². The van der Waals surface area contributed by atoms with Crippen LogP contribution in [0, 0.1) is 5.92 Å². The van der Waals surface area contributed by atoms with Gasteiger partial charge in [0.2, 0.25) is 0 Å². The van der Waals surface area contributed by atoms with E-state index in [0.29, 0.717) is 5.54 Å². The molecule has 2 aliphatic heterocycles. The molecule has 1 aromatic carbocycles. The van der Waals surface area contributed by atoms with Crippen molar-refractivity contribution in [2.45, 2.75) is 65.3 Å². The maximum Gasteiger partial charge on any atom is 0.0125 e. The minimum absolute atomic E-state index is 0.344. The molecule has 0 radical (unpaired) electrons. The standard InChI is InChI=1S/C20H32N2.C2H6/c1-20(2,3)22-13-9-17(10-14-22)15-21-12-11-19(16-21)18-7-5-4-6-8-18;1-2/h4-8,17,19H,9-16H2,1-3H3;1-2H3. The molecule has 1 aromatic rings. The van der Waals surface area contributed by atoms with E-state index in [2.05, 4.69) is 60.9 Å². The van der Waals surface area contributed by atoms with Crippen LogP contribution in [0.5, 0.6) is 0 Å². The van der Waals surface area contributed by atoms with Crippen LogP contribution in [0.25, 0.3) is 0 Å². The van der Waals surface area contributed by atoms with E-state index in [1.165, 1.54) is 57.5 Å². The fraction of sp³-hybridized carbons (Fsp3) is 0.727. The molecule has 136 valence electrons. The molecule has 1 unspecified atom stereocenters. The molecule has 0 spiro atoms. The predicted octanol–water partition coefficient (Wildman–Crippen LogP) is 5.01. The Bertz CT molecular complexity index is 455. The van der Waals surface area contributed by atoms with Crippen LogP contribution >= 0.6 is 0 Å². The number of likely N-dealkylation sites (tertiary alicyclic amines) is 2. The first-order valence-corrected chi connectivity index (χ1v) is 10.0. The summed E-state index contributed by atoms with van der Waals surface area (Å²) in [7, 11) is 0. The third-order valence-electron chi connectivity index (χ3n) is 5.62. The highest BCUT2D eigenvalue weighted by atomic mass is 15.2. The van der Waals surface area contributed by atoms with E-state index in [1.54, 1.807) is 0 Å². The van der Waals surface area contributed by atoms with Gasteiger partial charge in [-0.25, -0.2) is 0 Å². The van der Waals surface area contributed by atoms with Gasteiger partial charge in [-0.3, -0.25) is 4.90 Å². The molecular weight excluding hydrogens is 292 g/mol. The van der Waals surface area contributed by atoms with Crippen LogP contribution in [0.3, 0.4) is 0 Å². The van der Waals surface area contributed by atoms with E-state index in [9.17, 15) is 0 Å². The van der Waals surface area contributed by atoms with Crippen molar-refractivity contribution in [3.63, 3.8) is 0 Å². The lowest BCUT2D eigenvalue weighted by atomic mass is 9.92. The lowest BCUT2D eigenvalue weighted by molar-refractivity contribution is 0.0773. The van der Waals surface area contributed by atoms with Crippen LogP contribution in [0.1, 0.15) is 65.4 Å². The molecule has 2 heterocycles. The van der Waals surface area contributed by atoms with Crippen molar-refractivity contribution >= 4 is 0 Å². The van der Waals surface area contributed by atoms with Crippen molar-refractivity contribution in [3.8, 4) is 0 Å². The first-order valence-electron chi connectivity index (χ1n) is 10.0. The monoisotopic (exact) mass is 330 g/mol. The van der Waals surface area contributed by atoms with Gasteiger partial charge in [0.1, 0.15) is 0 Å². The Morgan fingerprint density at radius 3 is 2.12 bits per heavy atom. The molecule has 0 aromatic heterocycles. The van der Waals surface area contributed by atoms with Crippen molar-refractivity contribution in [1.82, 2.24) is 9.80 Å². The zero-order chi connectivity index (χ0) is 17.6. The number of piperidine rings is 1. The molecule has 0 saturated carbocycles. The Morgan fingerprint density at radius 1 is 0.917 bits per heavy atom. The fourth-order valence-corrected chi connectivity index (χ4v) is 4.15. The van der Waals surface area contributed by atoms with E-state index in [1.807, 2.05) is 13.8 Å². The van der Waals surface area contributed by atoms with Gasteiger partial charge >= 0.3 is 0 Å². The summed E-state index contributed by atoms with van der Waals surface area (Å²) in [6, 6.07) is 11.1. The molecule has 0 amide bonds.